The Morgan fingerprint density at radius 2 is 2.15 bits per heavy atom. The molecule has 1 aliphatic heterocycles. The van der Waals surface area contributed by atoms with Crippen LogP contribution in [0.4, 0.5) is 4.39 Å². The molecule has 4 unspecified atom stereocenters. The molecule has 1 aromatic carbocycles. The van der Waals surface area contributed by atoms with Crippen molar-refractivity contribution in [1.29, 1.82) is 0 Å². The molecular weight excluding hydrogens is 329 g/mol. The minimum Gasteiger partial charge on any atom is -0.390 e. The van der Waals surface area contributed by atoms with E-state index in [4.69, 9.17) is 4.74 Å². The van der Waals surface area contributed by atoms with Crippen LogP contribution in [0.3, 0.4) is 0 Å². The number of fused-ring (bicyclic) bond motifs is 1. The van der Waals surface area contributed by atoms with Crippen molar-refractivity contribution >= 4 is 6.08 Å². The largest absolute Gasteiger partial charge is 0.390 e. The minimum atomic E-state index is -0.693. The minimum absolute atomic E-state index is 0.126. The van der Waals surface area contributed by atoms with Gasteiger partial charge in [-0.2, -0.15) is 0 Å². The van der Waals surface area contributed by atoms with Gasteiger partial charge in [0.15, 0.2) is 0 Å². The highest BCUT2D eigenvalue weighted by molar-refractivity contribution is 5.63. The molecule has 0 bridgehead atoms. The Morgan fingerprint density at radius 3 is 2.92 bits per heavy atom. The summed E-state index contributed by atoms with van der Waals surface area (Å²) in [5.74, 6) is 0.792. The number of halogens is 1. The van der Waals surface area contributed by atoms with Crippen LogP contribution in [-0.4, -0.2) is 28.9 Å². The normalized spacial score (nSPS) is 31.3. The molecule has 1 aliphatic carbocycles. The van der Waals surface area contributed by atoms with Gasteiger partial charge in [0.25, 0.3) is 0 Å². The Bertz CT molecular complexity index is 800. The Hall–Kier alpha value is -2.04. The van der Waals surface area contributed by atoms with E-state index in [-0.39, 0.29) is 11.7 Å². The van der Waals surface area contributed by atoms with Crippen molar-refractivity contribution in [2.24, 2.45) is 17.8 Å². The van der Waals surface area contributed by atoms with Gasteiger partial charge in [0.1, 0.15) is 5.82 Å². The first-order valence-corrected chi connectivity index (χ1v) is 9.23. The number of hydrogen-bond donors (Lipinski definition) is 1. The third-order valence-corrected chi connectivity index (χ3v) is 5.81. The number of rotatable bonds is 3. The zero-order chi connectivity index (χ0) is 18.1. The van der Waals surface area contributed by atoms with Crippen LogP contribution in [0.15, 0.2) is 48.7 Å². The molecule has 0 amide bonds. The fourth-order valence-electron chi connectivity index (χ4n) is 4.52. The summed E-state index contributed by atoms with van der Waals surface area (Å²) in [6.07, 6.45) is 7.66. The third-order valence-electron chi connectivity index (χ3n) is 5.81. The fourth-order valence-corrected chi connectivity index (χ4v) is 4.52. The number of hydrogen-bond acceptors (Lipinski definition) is 3. The molecule has 26 heavy (non-hydrogen) atoms. The summed E-state index contributed by atoms with van der Waals surface area (Å²) < 4.78 is 18.9. The van der Waals surface area contributed by atoms with Crippen LogP contribution >= 0.6 is 0 Å². The van der Waals surface area contributed by atoms with Crippen LogP contribution < -0.4 is 0 Å². The predicted octanol–water partition coefficient (Wildman–Crippen LogP) is 4.32. The molecule has 0 radical (unpaired) electrons. The van der Waals surface area contributed by atoms with Crippen molar-refractivity contribution in [1.82, 2.24) is 4.98 Å². The number of ether oxygens (including phenoxy) is 1. The summed E-state index contributed by atoms with van der Waals surface area (Å²) in [6.45, 7) is 3.47. The van der Waals surface area contributed by atoms with E-state index in [1.807, 2.05) is 31.2 Å². The van der Waals surface area contributed by atoms with Gasteiger partial charge in [-0.3, -0.25) is 4.98 Å². The lowest BCUT2D eigenvalue weighted by molar-refractivity contribution is 0.0209. The van der Waals surface area contributed by atoms with Gasteiger partial charge < -0.3 is 9.84 Å². The van der Waals surface area contributed by atoms with Crippen LogP contribution in [0.5, 0.6) is 0 Å². The van der Waals surface area contributed by atoms with Gasteiger partial charge >= 0.3 is 0 Å². The van der Waals surface area contributed by atoms with E-state index in [2.05, 4.69) is 11.1 Å². The summed E-state index contributed by atoms with van der Waals surface area (Å²) >= 11 is 0. The van der Waals surface area contributed by atoms with E-state index < -0.39 is 5.60 Å². The van der Waals surface area contributed by atoms with Gasteiger partial charge in [0, 0.05) is 30.9 Å². The van der Waals surface area contributed by atoms with Gasteiger partial charge in [-0.1, -0.05) is 24.3 Å². The fraction of sp³-hybridized carbons (Fsp3) is 0.409. The number of benzene rings is 1. The molecule has 1 saturated carbocycles. The lowest BCUT2D eigenvalue weighted by Crippen LogP contribution is -2.31. The number of pyridine rings is 1. The zero-order valence-electron chi connectivity index (χ0n) is 14.9. The molecular formula is C22H24FNO2. The van der Waals surface area contributed by atoms with E-state index >= 15 is 0 Å². The molecule has 4 rings (SSSR count). The van der Waals surface area contributed by atoms with Gasteiger partial charge in [-0.05, 0) is 61.4 Å². The molecule has 3 nitrogen and oxygen atoms in total. The number of aliphatic hydroxyl groups is 1. The maximum atomic E-state index is 13.4. The van der Waals surface area contributed by atoms with Crippen molar-refractivity contribution in [3.8, 4) is 11.1 Å². The standard InChI is InChI=1S/C22H24FNO2/c1-22(25)12-17-14-26-10-9-20(17)21(22)8-7-19-6-5-16(13-24-19)15-3-2-4-18(23)11-15/h2-8,11,13,17,20-21,25H,9-10,12,14H2,1H3. The van der Waals surface area contributed by atoms with E-state index in [1.165, 1.54) is 12.1 Å². The van der Waals surface area contributed by atoms with Crippen LogP contribution in [0.25, 0.3) is 17.2 Å². The summed E-state index contributed by atoms with van der Waals surface area (Å²) in [5, 5.41) is 10.8. The first-order chi connectivity index (χ1) is 12.5. The second-order valence-electron chi connectivity index (χ2n) is 7.72. The van der Waals surface area contributed by atoms with Crippen molar-refractivity contribution in [3.05, 3.63) is 60.2 Å². The molecule has 4 heteroatoms. The average Bonchev–Trinajstić information content (AvgIpc) is 2.89. The van der Waals surface area contributed by atoms with Crippen molar-refractivity contribution in [2.75, 3.05) is 13.2 Å². The van der Waals surface area contributed by atoms with Gasteiger partial charge in [-0.25, -0.2) is 4.39 Å². The predicted molar refractivity (Wildman–Crippen MR) is 99.8 cm³/mol. The zero-order valence-corrected chi connectivity index (χ0v) is 14.9. The molecule has 2 heterocycles. The first kappa shape index (κ1) is 17.4. The highest BCUT2D eigenvalue weighted by Gasteiger charge is 2.49. The monoisotopic (exact) mass is 353 g/mol. The van der Waals surface area contributed by atoms with Crippen molar-refractivity contribution in [3.63, 3.8) is 0 Å². The van der Waals surface area contributed by atoms with Gasteiger partial charge in [0.2, 0.25) is 0 Å². The number of aromatic nitrogens is 1. The van der Waals surface area contributed by atoms with Crippen molar-refractivity contribution < 1.29 is 14.2 Å². The first-order valence-electron chi connectivity index (χ1n) is 9.23. The lowest BCUT2D eigenvalue weighted by atomic mass is 9.82. The summed E-state index contributed by atoms with van der Waals surface area (Å²) in [7, 11) is 0. The highest BCUT2D eigenvalue weighted by atomic mass is 19.1. The summed E-state index contributed by atoms with van der Waals surface area (Å²) in [5.41, 5.74) is 1.85. The molecule has 1 aromatic heterocycles. The van der Waals surface area contributed by atoms with Gasteiger partial charge in [0.05, 0.1) is 11.3 Å². The van der Waals surface area contributed by atoms with E-state index in [9.17, 15) is 9.50 Å². The van der Waals surface area contributed by atoms with E-state index in [1.54, 1.807) is 12.3 Å². The Balaban J connectivity index is 1.51. The van der Waals surface area contributed by atoms with E-state index in [0.717, 1.165) is 42.9 Å². The molecule has 2 aliphatic rings. The van der Waals surface area contributed by atoms with Crippen LogP contribution in [0, 0.1) is 23.6 Å². The van der Waals surface area contributed by atoms with Crippen LogP contribution in [0.2, 0.25) is 0 Å². The number of nitrogens with zero attached hydrogens (tertiary/aromatic N) is 1. The smallest absolute Gasteiger partial charge is 0.123 e. The lowest BCUT2D eigenvalue weighted by Gasteiger charge is -2.29. The third kappa shape index (κ3) is 3.44. The van der Waals surface area contributed by atoms with Crippen LogP contribution in [-0.2, 0) is 4.74 Å². The Labute approximate surface area is 153 Å². The quantitative estimate of drug-likeness (QED) is 0.893. The highest BCUT2D eigenvalue weighted by Crippen LogP contribution is 2.48. The molecule has 1 saturated heterocycles. The van der Waals surface area contributed by atoms with Crippen LogP contribution in [0.1, 0.15) is 25.5 Å². The molecule has 1 N–H and O–H groups in total. The molecule has 2 fully saturated rings. The van der Waals surface area contributed by atoms with Crippen molar-refractivity contribution in [2.45, 2.75) is 25.4 Å². The molecule has 0 spiro atoms. The molecule has 4 atom stereocenters. The SMILES string of the molecule is CC1(O)CC2COCCC2C1C=Cc1ccc(-c2cccc(F)c2)cn1. The molecule has 136 valence electrons. The van der Waals surface area contributed by atoms with E-state index in [0.29, 0.717) is 11.8 Å². The second-order valence-corrected chi connectivity index (χ2v) is 7.72. The van der Waals surface area contributed by atoms with Gasteiger partial charge in [-0.15, -0.1) is 0 Å². The summed E-state index contributed by atoms with van der Waals surface area (Å²) in [4.78, 5) is 4.48. The second kappa shape index (κ2) is 6.93. The molecule has 2 aromatic rings. The Morgan fingerprint density at radius 1 is 1.27 bits per heavy atom. The topological polar surface area (TPSA) is 42.4 Å². The maximum Gasteiger partial charge on any atom is 0.123 e. The Kier molecular flexibility index (Phi) is 4.63. The average molecular weight is 353 g/mol. The summed E-state index contributed by atoms with van der Waals surface area (Å²) in [6, 6.07) is 10.4. The maximum absolute atomic E-state index is 13.4.